The molecule has 1 unspecified atom stereocenters. The zero-order valence-electron chi connectivity index (χ0n) is 9.77. The van der Waals surface area contributed by atoms with Crippen molar-refractivity contribution in [1.82, 2.24) is 5.32 Å². The maximum atomic E-state index is 9.90. The lowest BCUT2D eigenvalue weighted by atomic mass is 9.98. The van der Waals surface area contributed by atoms with Gasteiger partial charge in [-0.25, -0.2) is 0 Å². The molecule has 0 saturated heterocycles. The summed E-state index contributed by atoms with van der Waals surface area (Å²) in [5.74, 6) is 0. The van der Waals surface area contributed by atoms with Crippen molar-refractivity contribution < 1.29 is 14.9 Å². The van der Waals surface area contributed by atoms with Crippen LogP contribution < -0.4 is 5.32 Å². The van der Waals surface area contributed by atoms with E-state index in [0.717, 1.165) is 32.2 Å². The van der Waals surface area contributed by atoms with Crippen LogP contribution in [0.5, 0.6) is 0 Å². The highest BCUT2D eigenvalue weighted by Gasteiger charge is 2.18. The van der Waals surface area contributed by atoms with Crippen molar-refractivity contribution >= 4 is 0 Å². The molecule has 0 amide bonds. The van der Waals surface area contributed by atoms with E-state index in [1.165, 1.54) is 0 Å². The Balaban J connectivity index is 2.15. The zero-order chi connectivity index (χ0) is 11.6. The van der Waals surface area contributed by atoms with Gasteiger partial charge in [0.2, 0.25) is 0 Å². The van der Waals surface area contributed by atoms with Gasteiger partial charge < -0.3 is 20.3 Å². The number of nitrogens with one attached hydrogen (secondary N) is 1. The van der Waals surface area contributed by atoms with Crippen molar-refractivity contribution in [3.8, 4) is 0 Å². The minimum atomic E-state index is -0.261. The van der Waals surface area contributed by atoms with E-state index in [1.54, 1.807) is 0 Å². The van der Waals surface area contributed by atoms with Crippen molar-refractivity contribution in [2.75, 3.05) is 26.4 Å². The Morgan fingerprint density at radius 2 is 1.94 bits per heavy atom. The Hall–Kier alpha value is -0.420. The molecule has 0 radical (unpaired) electrons. The molecule has 94 valence electrons. The highest BCUT2D eigenvalue weighted by molar-refractivity contribution is 4.90. The Morgan fingerprint density at radius 1 is 1.19 bits per heavy atom. The summed E-state index contributed by atoms with van der Waals surface area (Å²) < 4.78 is 5.16. The van der Waals surface area contributed by atoms with Crippen LogP contribution in [-0.2, 0) is 4.74 Å². The normalized spacial score (nSPS) is 28.4. The van der Waals surface area contributed by atoms with Gasteiger partial charge in [0.05, 0.1) is 25.9 Å². The average molecular weight is 229 g/mol. The molecule has 1 rings (SSSR count). The molecular formula is C12H23NO3. The van der Waals surface area contributed by atoms with Gasteiger partial charge >= 0.3 is 0 Å². The molecule has 0 spiro atoms. The summed E-state index contributed by atoms with van der Waals surface area (Å²) in [6.07, 6.45) is 7.84. The van der Waals surface area contributed by atoms with Crippen LogP contribution >= 0.6 is 0 Å². The van der Waals surface area contributed by atoms with Crippen LogP contribution in [0.15, 0.2) is 12.2 Å². The van der Waals surface area contributed by atoms with Gasteiger partial charge in [0.25, 0.3) is 0 Å². The van der Waals surface area contributed by atoms with Crippen LogP contribution in [-0.4, -0.2) is 48.7 Å². The van der Waals surface area contributed by atoms with Gasteiger partial charge in [-0.15, -0.1) is 0 Å². The van der Waals surface area contributed by atoms with Crippen LogP contribution in [0, 0.1) is 0 Å². The number of allylic oxidation sites excluding steroid dienone is 2. The molecule has 2 atom stereocenters. The van der Waals surface area contributed by atoms with E-state index < -0.39 is 0 Å². The van der Waals surface area contributed by atoms with Crippen LogP contribution in [0.25, 0.3) is 0 Å². The van der Waals surface area contributed by atoms with Crippen LogP contribution in [0.1, 0.15) is 25.7 Å². The van der Waals surface area contributed by atoms with Gasteiger partial charge in [-0.2, -0.15) is 0 Å². The molecule has 1 aliphatic carbocycles. The van der Waals surface area contributed by atoms with Crippen molar-refractivity contribution in [2.24, 2.45) is 0 Å². The summed E-state index contributed by atoms with van der Waals surface area (Å²) in [5.41, 5.74) is 0. The van der Waals surface area contributed by atoms with Gasteiger partial charge in [0, 0.05) is 12.6 Å². The minimum absolute atomic E-state index is 0.0663. The first-order valence-corrected chi connectivity index (χ1v) is 6.09. The maximum absolute atomic E-state index is 9.90. The third-order valence-electron chi connectivity index (χ3n) is 2.79. The molecule has 16 heavy (non-hydrogen) atoms. The second kappa shape index (κ2) is 8.70. The first-order valence-electron chi connectivity index (χ1n) is 6.09. The summed E-state index contributed by atoms with van der Waals surface area (Å²) in [6.45, 7) is 1.76. The van der Waals surface area contributed by atoms with Crippen LogP contribution in [0.2, 0.25) is 0 Å². The highest BCUT2D eigenvalue weighted by Crippen LogP contribution is 2.12. The molecule has 0 fully saturated rings. The van der Waals surface area contributed by atoms with Crippen molar-refractivity contribution in [3.05, 3.63) is 12.2 Å². The molecule has 0 aromatic carbocycles. The monoisotopic (exact) mass is 229 g/mol. The average Bonchev–Trinajstić information content (AvgIpc) is 2.27. The second-order valence-corrected chi connectivity index (χ2v) is 4.09. The summed E-state index contributed by atoms with van der Waals surface area (Å²) >= 11 is 0. The molecule has 0 aromatic rings. The van der Waals surface area contributed by atoms with Gasteiger partial charge in [-0.05, 0) is 25.7 Å². The van der Waals surface area contributed by atoms with E-state index in [0.29, 0.717) is 13.2 Å². The van der Waals surface area contributed by atoms with Gasteiger partial charge in [0.1, 0.15) is 0 Å². The lowest BCUT2D eigenvalue weighted by molar-refractivity contribution is 0.0797. The number of hydrogen-bond donors (Lipinski definition) is 3. The third kappa shape index (κ3) is 5.61. The molecule has 0 aliphatic heterocycles. The molecule has 1 aliphatic rings. The topological polar surface area (TPSA) is 61.7 Å². The number of rotatable bonds is 6. The minimum Gasteiger partial charge on any atom is -0.394 e. The second-order valence-electron chi connectivity index (χ2n) is 4.09. The van der Waals surface area contributed by atoms with Gasteiger partial charge in [0.15, 0.2) is 0 Å². The van der Waals surface area contributed by atoms with Crippen LogP contribution in [0.3, 0.4) is 0 Å². The first-order chi connectivity index (χ1) is 7.84. The lowest BCUT2D eigenvalue weighted by Gasteiger charge is -2.24. The summed E-state index contributed by atoms with van der Waals surface area (Å²) in [7, 11) is 0. The fourth-order valence-corrected chi connectivity index (χ4v) is 1.89. The van der Waals surface area contributed by atoms with Crippen LogP contribution in [0.4, 0.5) is 0 Å². The molecule has 4 heteroatoms. The fraction of sp³-hybridized carbons (Fsp3) is 0.833. The Labute approximate surface area is 97.3 Å². The Bertz CT molecular complexity index is 197. The van der Waals surface area contributed by atoms with E-state index in [2.05, 4.69) is 17.5 Å². The summed E-state index contributed by atoms with van der Waals surface area (Å²) in [4.78, 5) is 0. The van der Waals surface area contributed by atoms with Crippen molar-refractivity contribution in [3.63, 3.8) is 0 Å². The van der Waals surface area contributed by atoms with Crippen molar-refractivity contribution in [1.29, 1.82) is 0 Å². The molecule has 3 N–H and O–H groups in total. The predicted octanol–water partition coefficient (Wildman–Crippen LogP) is 0.445. The fourth-order valence-electron chi connectivity index (χ4n) is 1.89. The highest BCUT2D eigenvalue weighted by atomic mass is 16.5. The molecule has 0 saturated carbocycles. The summed E-state index contributed by atoms with van der Waals surface area (Å²) in [6, 6.07) is 0.169. The zero-order valence-corrected chi connectivity index (χ0v) is 9.77. The quantitative estimate of drug-likeness (QED) is 0.457. The van der Waals surface area contributed by atoms with Crippen molar-refractivity contribution in [2.45, 2.75) is 37.8 Å². The number of aliphatic hydroxyl groups excluding tert-OH is 2. The van der Waals surface area contributed by atoms with Gasteiger partial charge in [-0.3, -0.25) is 0 Å². The summed E-state index contributed by atoms with van der Waals surface area (Å²) in [5, 5.41) is 21.7. The number of ether oxygens (including phenoxy) is 1. The molecular weight excluding hydrogens is 206 g/mol. The standard InChI is InChI=1S/C12H23NO3/c14-8-10-16-9-7-13-11-5-3-1-2-4-6-12(11)15/h1-2,11-15H,3-10H2/b2-1+/t11-,12?/m0/s1. The smallest absolute Gasteiger partial charge is 0.0698 e. The van der Waals surface area contributed by atoms with E-state index >= 15 is 0 Å². The molecule has 4 nitrogen and oxygen atoms in total. The molecule has 0 bridgehead atoms. The number of hydrogen-bond acceptors (Lipinski definition) is 4. The Morgan fingerprint density at radius 3 is 2.69 bits per heavy atom. The van der Waals surface area contributed by atoms with E-state index in [4.69, 9.17) is 9.84 Å². The molecule has 0 heterocycles. The largest absolute Gasteiger partial charge is 0.394 e. The van der Waals surface area contributed by atoms with Gasteiger partial charge in [-0.1, -0.05) is 12.2 Å². The predicted molar refractivity (Wildman–Crippen MR) is 63.3 cm³/mol. The van der Waals surface area contributed by atoms with E-state index in [9.17, 15) is 5.11 Å². The van der Waals surface area contributed by atoms with E-state index in [1.807, 2.05) is 0 Å². The Kier molecular flexibility index (Phi) is 7.42. The molecule has 0 aromatic heterocycles. The number of aliphatic hydroxyl groups is 2. The maximum Gasteiger partial charge on any atom is 0.0698 e. The van der Waals surface area contributed by atoms with E-state index in [-0.39, 0.29) is 18.8 Å². The third-order valence-corrected chi connectivity index (χ3v) is 2.79. The first kappa shape index (κ1) is 13.6. The SMILES string of the molecule is OCCOCCN[C@H]1CC/C=C/CCC1O. The lowest BCUT2D eigenvalue weighted by Crippen LogP contribution is -2.41.